The quantitative estimate of drug-likeness (QED) is 0.158. The van der Waals surface area contributed by atoms with Gasteiger partial charge in [-0.15, -0.1) is 0 Å². The minimum Gasteiger partial charge on any atom is -0.506 e. The molecule has 0 unspecified atom stereocenters. The van der Waals surface area contributed by atoms with Crippen LogP contribution in [0.3, 0.4) is 0 Å². The first-order valence-corrected chi connectivity index (χ1v) is 13.6. The summed E-state index contributed by atoms with van der Waals surface area (Å²) in [5.41, 5.74) is 26.6. The highest BCUT2D eigenvalue weighted by molar-refractivity contribution is 6.02. The number of nitrogens with two attached hydrogens (primary N) is 4. The number of hydrogen-bond donors (Lipinski definition) is 7. The zero-order chi connectivity index (χ0) is 28.9. The molecular formula is C28H37N11O2. The third-order valence-corrected chi connectivity index (χ3v) is 6.95. The van der Waals surface area contributed by atoms with Crippen LogP contribution in [0.2, 0.25) is 0 Å². The number of phenolic OH excluding ortho intramolecular Hbond substituents is 1. The molecule has 13 nitrogen and oxygen atoms in total. The number of aromatic nitrogens is 3. The standard InChI is InChI=1S/C28H37N11O2/c29-18-10-19(30)14-38(13-18)27-35-26(36-28(37-27)39-15-20(31)11-21(32)16-39)33-22-7-8-23(24(40)12-22)34-25(41)9-6-17-4-2-1-3-5-17/h1-9,12,18-21,40H,10-11,13-16,29-32H2,(H,34,41)(H,33,35,36,37)/b9-6+/t18-,19+,20-,21+. The van der Waals surface area contributed by atoms with Crippen molar-refractivity contribution in [1.29, 1.82) is 0 Å². The van der Waals surface area contributed by atoms with Crippen LogP contribution in [0.4, 0.5) is 29.2 Å². The Morgan fingerprint density at radius 2 is 1.39 bits per heavy atom. The van der Waals surface area contributed by atoms with E-state index < -0.39 is 0 Å². The normalized spacial score (nSPS) is 23.0. The Morgan fingerprint density at radius 3 is 1.93 bits per heavy atom. The zero-order valence-corrected chi connectivity index (χ0v) is 22.7. The average Bonchev–Trinajstić information content (AvgIpc) is 2.93. The third kappa shape index (κ3) is 7.46. The van der Waals surface area contributed by atoms with E-state index in [0.29, 0.717) is 43.8 Å². The predicted molar refractivity (Wildman–Crippen MR) is 161 cm³/mol. The number of piperidine rings is 2. The van der Waals surface area contributed by atoms with Gasteiger partial charge in [-0.05, 0) is 36.6 Å². The lowest BCUT2D eigenvalue weighted by molar-refractivity contribution is -0.111. The summed E-state index contributed by atoms with van der Waals surface area (Å²) in [6.07, 6.45) is 4.55. The number of nitrogens with zero attached hydrogens (tertiary/aromatic N) is 5. The van der Waals surface area contributed by atoms with E-state index in [1.807, 2.05) is 40.1 Å². The van der Waals surface area contributed by atoms with Gasteiger partial charge < -0.3 is 48.5 Å². The Balaban J connectivity index is 1.35. The number of anilines is 5. The Hall–Kier alpha value is -4.30. The van der Waals surface area contributed by atoms with Crippen LogP contribution in [0.5, 0.6) is 5.75 Å². The van der Waals surface area contributed by atoms with Crippen LogP contribution < -0.4 is 43.4 Å². The van der Waals surface area contributed by atoms with Crippen LogP contribution in [0.25, 0.3) is 6.08 Å². The maximum Gasteiger partial charge on any atom is 0.248 e. The van der Waals surface area contributed by atoms with Crippen molar-refractivity contribution in [3.63, 3.8) is 0 Å². The van der Waals surface area contributed by atoms with Gasteiger partial charge in [0.1, 0.15) is 5.75 Å². The van der Waals surface area contributed by atoms with Crippen LogP contribution >= 0.6 is 0 Å². The first-order chi connectivity index (χ1) is 19.7. The van der Waals surface area contributed by atoms with Crippen molar-refractivity contribution in [2.45, 2.75) is 37.0 Å². The summed E-state index contributed by atoms with van der Waals surface area (Å²) in [6.45, 7) is 2.24. The molecule has 0 spiro atoms. The molecule has 0 saturated carbocycles. The molecule has 41 heavy (non-hydrogen) atoms. The predicted octanol–water partition coefficient (Wildman–Crippen LogP) is 0.702. The first-order valence-electron chi connectivity index (χ1n) is 13.6. The second-order valence-corrected chi connectivity index (χ2v) is 10.7. The number of hydrogen-bond acceptors (Lipinski definition) is 12. The summed E-state index contributed by atoms with van der Waals surface area (Å²) in [4.78, 5) is 30.3. The van der Waals surface area contributed by atoms with Gasteiger partial charge in [0.25, 0.3) is 0 Å². The van der Waals surface area contributed by atoms with Crippen molar-refractivity contribution in [2.75, 3.05) is 46.6 Å². The lowest BCUT2D eigenvalue weighted by Gasteiger charge is -2.37. The highest BCUT2D eigenvalue weighted by atomic mass is 16.3. The molecule has 0 bridgehead atoms. The van der Waals surface area contributed by atoms with E-state index in [2.05, 4.69) is 20.6 Å². The molecule has 2 aromatic carbocycles. The van der Waals surface area contributed by atoms with Crippen molar-refractivity contribution in [1.82, 2.24) is 15.0 Å². The fourth-order valence-electron chi connectivity index (χ4n) is 5.13. The van der Waals surface area contributed by atoms with E-state index in [0.717, 1.165) is 18.4 Å². The van der Waals surface area contributed by atoms with Crippen molar-refractivity contribution in [3.05, 3.63) is 60.2 Å². The number of carbonyl (C=O) groups is 1. The smallest absolute Gasteiger partial charge is 0.248 e. The van der Waals surface area contributed by atoms with Gasteiger partial charge >= 0.3 is 0 Å². The van der Waals surface area contributed by atoms with Gasteiger partial charge in [0, 0.05) is 68.2 Å². The van der Waals surface area contributed by atoms with E-state index in [4.69, 9.17) is 27.9 Å². The van der Waals surface area contributed by atoms with Crippen LogP contribution in [0.15, 0.2) is 54.6 Å². The molecule has 4 atom stereocenters. The topological polar surface area (TPSA) is 211 Å². The Kier molecular flexibility index (Phi) is 8.59. The van der Waals surface area contributed by atoms with Gasteiger partial charge in [-0.1, -0.05) is 30.3 Å². The molecule has 2 aliphatic heterocycles. The summed E-state index contributed by atoms with van der Waals surface area (Å²) < 4.78 is 0. The fourth-order valence-corrected chi connectivity index (χ4v) is 5.13. The molecule has 3 heterocycles. The molecule has 1 aromatic heterocycles. The zero-order valence-electron chi connectivity index (χ0n) is 22.7. The molecule has 11 N–H and O–H groups in total. The molecule has 2 aliphatic rings. The number of carbonyl (C=O) groups excluding carboxylic acids is 1. The summed E-state index contributed by atoms with van der Waals surface area (Å²) in [5, 5.41) is 16.5. The number of benzene rings is 2. The summed E-state index contributed by atoms with van der Waals surface area (Å²) in [5.74, 6) is 0.662. The first kappa shape index (κ1) is 28.2. The second-order valence-electron chi connectivity index (χ2n) is 10.7. The third-order valence-electron chi connectivity index (χ3n) is 6.95. The number of aromatic hydroxyl groups is 1. The molecule has 13 heteroatoms. The van der Waals surface area contributed by atoms with Gasteiger partial charge in [0.2, 0.25) is 23.8 Å². The van der Waals surface area contributed by atoms with Crippen molar-refractivity contribution >= 4 is 41.2 Å². The molecule has 3 aromatic rings. The molecule has 216 valence electrons. The molecule has 1 amide bonds. The van der Waals surface area contributed by atoms with Crippen LogP contribution in [0.1, 0.15) is 18.4 Å². The fraction of sp³-hybridized carbons (Fsp3) is 0.357. The van der Waals surface area contributed by atoms with Crippen LogP contribution in [0, 0.1) is 0 Å². The highest BCUT2D eigenvalue weighted by Crippen LogP contribution is 2.29. The van der Waals surface area contributed by atoms with Crippen molar-refractivity contribution in [2.24, 2.45) is 22.9 Å². The van der Waals surface area contributed by atoms with Gasteiger partial charge in [-0.2, -0.15) is 15.0 Å². The molecule has 5 rings (SSSR count). The Labute approximate surface area is 238 Å². The maximum atomic E-state index is 12.4. The summed E-state index contributed by atoms with van der Waals surface area (Å²) in [7, 11) is 0. The van der Waals surface area contributed by atoms with E-state index in [1.165, 1.54) is 12.1 Å². The summed E-state index contributed by atoms with van der Waals surface area (Å²) in [6, 6.07) is 13.8. The maximum absolute atomic E-state index is 12.4. The minimum atomic E-state index is -0.368. The monoisotopic (exact) mass is 559 g/mol. The average molecular weight is 560 g/mol. The number of rotatable bonds is 7. The SMILES string of the molecule is N[C@@H]1C[C@H](N)CN(c2nc(Nc3ccc(NC(=O)/C=C/c4ccccc4)c(O)c3)nc(N3C[C@H](N)C[C@H](N)C3)n2)C1. The highest BCUT2D eigenvalue weighted by Gasteiger charge is 2.28. The number of phenols is 1. The minimum absolute atomic E-state index is 0.102. The van der Waals surface area contributed by atoms with Crippen LogP contribution in [-0.4, -0.2) is 76.3 Å². The molecular weight excluding hydrogens is 522 g/mol. The van der Waals surface area contributed by atoms with Gasteiger partial charge in [-0.3, -0.25) is 4.79 Å². The Morgan fingerprint density at radius 1 is 0.829 bits per heavy atom. The molecule has 0 radical (unpaired) electrons. The molecule has 2 fully saturated rings. The lowest BCUT2D eigenvalue weighted by Crippen LogP contribution is -2.54. The number of amides is 1. The summed E-state index contributed by atoms with van der Waals surface area (Å²) >= 11 is 0. The van der Waals surface area contributed by atoms with Crippen molar-refractivity contribution in [3.8, 4) is 5.75 Å². The molecule has 2 saturated heterocycles. The van der Waals surface area contributed by atoms with Gasteiger partial charge in [-0.25, -0.2) is 0 Å². The van der Waals surface area contributed by atoms with E-state index >= 15 is 0 Å². The number of nitrogens with one attached hydrogen (secondary N) is 2. The molecule has 0 aliphatic carbocycles. The van der Waals surface area contributed by atoms with Gasteiger partial charge in [0.05, 0.1) is 5.69 Å². The lowest BCUT2D eigenvalue weighted by atomic mass is 10.0. The van der Waals surface area contributed by atoms with E-state index in [9.17, 15) is 9.90 Å². The van der Waals surface area contributed by atoms with Crippen molar-refractivity contribution < 1.29 is 9.90 Å². The Bertz CT molecular complexity index is 1320. The largest absolute Gasteiger partial charge is 0.506 e. The van der Waals surface area contributed by atoms with E-state index in [1.54, 1.807) is 18.2 Å². The van der Waals surface area contributed by atoms with Gasteiger partial charge in [0.15, 0.2) is 0 Å². The van der Waals surface area contributed by atoms with Crippen LogP contribution in [-0.2, 0) is 4.79 Å². The second kappa shape index (κ2) is 12.5. The van der Waals surface area contributed by atoms with E-state index in [-0.39, 0.29) is 47.5 Å².